The first-order chi connectivity index (χ1) is 7.65. The molecule has 0 bridgehead atoms. The van der Waals surface area contributed by atoms with Gasteiger partial charge in [-0.05, 0) is 26.9 Å². The van der Waals surface area contributed by atoms with Gasteiger partial charge in [-0.1, -0.05) is 12.2 Å². The van der Waals surface area contributed by atoms with Crippen LogP contribution in [-0.2, 0) is 0 Å². The molecule has 1 aliphatic carbocycles. The lowest BCUT2D eigenvalue weighted by molar-refractivity contribution is 0.425. The standard InChI is InChI=1S/C11H18N4S/c1-15(2)6-5-12-9-7-10(16)14-11(13-9)8-3-4-8/h7-8H,3-6H2,1-2H3,(H2,12,13,14,16). The van der Waals surface area contributed by atoms with Crippen molar-refractivity contribution in [2.45, 2.75) is 18.8 Å². The van der Waals surface area contributed by atoms with Crippen molar-refractivity contribution in [2.24, 2.45) is 0 Å². The molecule has 2 rings (SSSR count). The summed E-state index contributed by atoms with van der Waals surface area (Å²) in [7, 11) is 4.12. The topological polar surface area (TPSA) is 44.0 Å². The first-order valence-corrected chi connectivity index (χ1v) is 6.06. The van der Waals surface area contributed by atoms with Gasteiger partial charge in [0.15, 0.2) is 0 Å². The van der Waals surface area contributed by atoms with Gasteiger partial charge in [0.25, 0.3) is 0 Å². The molecule has 1 aliphatic rings. The number of nitrogens with one attached hydrogen (secondary N) is 2. The molecule has 1 aromatic heterocycles. The van der Waals surface area contributed by atoms with Crippen molar-refractivity contribution >= 4 is 18.0 Å². The number of aromatic nitrogens is 2. The Kier molecular flexibility index (Phi) is 3.56. The highest BCUT2D eigenvalue weighted by Gasteiger charge is 2.25. The van der Waals surface area contributed by atoms with Crippen molar-refractivity contribution in [3.63, 3.8) is 0 Å². The predicted octanol–water partition coefficient (Wildman–Crippen LogP) is 1.99. The van der Waals surface area contributed by atoms with Crippen LogP contribution in [0.5, 0.6) is 0 Å². The van der Waals surface area contributed by atoms with E-state index in [1.807, 2.05) is 6.07 Å². The van der Waals surface area contributed by atoms with E-state index in [1.54, 1.807) is 0 Å². The normalized spacial score (nSPS) is 15.4. The number of aromatic amines is 1. The Morgan fingerprint density at radius 2 is 2.31 bits per heavy atom. The summed E-state index contributed by atoms with van der Waals surface area (Å²) in [6.45, 7) is 1.91. The molecule has 0 unspecified atom stereocenters. The summed E-state index contributed by atoms with van der Waals surface area (Å²) in [5.74, 6) is 2.64. The number of nitrogens with zero attached hydrogens (tertiary/aromatic N) is 2. The minimum atomic E-state index is 0.609. The summed E-state index contributed by atoms with van der Waals surface area (Å²) >= 11 is 5.15. The second kappa shape index (κ2) is 4.93. The van der Waals surface area contributed by atoms with Crippen molar-refractivity contribution in [3.8, 4) is 0 Å². The smallest absolute Gasteiger partial charge is 0.131 e. The SMILES string of the molecule is CN(C)CCNc1cc(=S)nc(C2CC2)[nH]1. The lowest BCUT2D eigenvalue weighted by atomic mass is 10.4. The third-order valence-corrected chi connectivity index (χ3v) is 2.81. The van der Waals surface area contributed by atoms with Gasteiger partial charge in [-0.2, -0.15) is 0 Å². The molecule has 0 saturated heterocycles. The Morgan fingerprint density at radius 1 is 1.56 bits per heavy atom. The van der Waals surface area contributed by atoms with Crippen LogP contribution in [0.4, 0.5) is 5.82 Å². The summed E-state index contributed by atoms with van der Waals surface area (Å²) in [6, 6.07) is 1.89. The Labute approximate surface area is 101 Å². The first-order valence-electron chi connectivity index (χ1n) is 5.65. The number of rotatable bonds is 5. The van der Waals surface area contributed by atoms with E-state index in [-0.39, 0.29) is 0 Å². The van der Waals surface area contributed by atoms with Crippen LogP contribution in [0.3, 0.4) is 0 Å². The molecule has 4 nitrogen and oxygen atoms in total. The second-order valence-electron chi connectivity index (χ2n) is 4.52. The average molecular weight is 238 g/mol. The largest absolute Gasteiger partial charge is 0.370 e. The van der Waals surface area contributed by atoms with Crippen LogP contribution in [0.1, 0.15) is 24.6 Å². The molecular weight excluding hydrogens is 220 g/mol. The summed E-state index contributed by atoms with van der Waals surface area (Å²) in [5, 5.41) is 3.34. The fourth-order valence-corrected chi connectivity index (χ4v) is 1.75. The molecule has 0 spiro atoms. The maximum atomic E-state index is 5.15. The fourth-order valence-electron chi connectivity index (χ4n) is 1.54. The number of hydrogen-bond acceptors (Lipinski definition) is 4. The number of hydrogen-bond donors (Lipinski definition) is 2. The number of anilines is 1. The monoisotopic (exact) mass is 238 g/mol. The molecule has 0 aliphatic heterocycles. The summed E-state index contributed by atoms with van der Waals surface area (Å²) < 4.78 is 0.674. The quantitative estimate of drug-likeness (QED) is 0.770. The van der Waals surface area contributed by atoms with E-state index in [4.69, 9.17) is 12.2 Å². The van der Waals surface area contributed by atoms with Crippen LogP contribution >= 0.6 is 12.2 Å². The van der Waals surface area contributed by atoms with Gasteiger partial charge in [0.1, 0.15) is 16.3 Å². The molecule has 88 valence electrons. The van der Waals surface area contributed by atoms with Crippen LogP contribution in [-0.4, -0.2) is 42.1 Å². The Balaban J connectivity index is 2.00. The minimum Gasteiger partial charge on any atom is -0.370 e. The molecule has 1 heterocycles. The third kappa shape index (κ3) is 3.28. The van der Waals surface area contributed by atoms with Gasteiger partial charge in [-0.3, -0.25) is 0 Å². The van der Waals surface area contributed by atoms with Crippen LogP contribution in [0, 0.1) is 4.64 Å². The molecule has 0 radical (unpaired) electrons. The van der Waals surface area contributed by atoms with Crippen LogP contribution in [0.2, 0.25) is 0 Å². The van der Waals surface area contributed by atoms with Gasteiger partial charge in [-0.15, -0.1) is 0 Å². The maximum Gasteiger partial charge on any atom is 0.131 e. The highest BCUT2D eigenvalue weighted by atomic mass is 32.1. The average Bonchev–Trinajstić information content (AvgIpc) is 2.99. The zero-order chi connectivity index (χ0) is 11.5. The predicted molar refractivity (Wildman–Crippen MR) is 68.4 cm³/mol. The molecule has 0 aromatic carbocycles. The van der Waals surface area contributed by atoms with E-state index in [2.05, 4.69) is 34.3 Å². The fraction of sp³-hybridized carbons (Fsp3) is 0.636. The summed E-state index contributed by atoms with van der Waals surface area (Å²) in [6.07, 6.45) is 2.47. The lowest BCUT2D eigenvalue weighted by Gasteiger charge is -2.12. The highest BCUT2D eigenvalue weighted by Crippen LogP contribution is 2.38. The van der Waals surface area contributed by atoms with E-state index in [9.17, 15) is 0 Å². The van der Waals surface area contributed by atoms with E-state index >= 15 is 0 Å². The second-order valence-corrected chi connectivity index (χ2v) is 4.94. The zero-order valence-electron chi connectivity index (χ0n) is 9.79. The van der Waals surface area contributed by atoms with Crippen molar-refractivity contribution in [1.82, 2.24) is 14.9 Å². The zero-order valence-corrected chi connectivity index (χ0v) is 10.6. The van der Waals surface area contributed by atoms with Crippen LogP contribution in [0.15, 0.2) is 6.07 Å². The van der Waals surface area contributed by atoms with Crippen molar-refractivity contribution in [3.05, 3.63) is 16.5 Å². The van der Waals surface area contributed by atoms with Gasteiger partial charge < -0.3 is 15.2 Å². The molecule has 1 aromatic rings. The molecule has 0 amide bonds. The van der Waals surface area contributed by atoms with E-state index < -0.39 is 0 Å². The molecule has 1 saturated carbocycles. The molecule has 16 heavy (non-hydrogen) atoms. The molecule has 0 atom stereocenters. The van der Waals surface area contributed by atoms with Crippen molar-refractivity contribution in [2.75, 3.05) is 32.5 Å². The lowest BCUT2D eigenvalue weighted by Crippen LogP contribution is -2.21. The Hall–Kier alpha value is -0.940. The summed E-state index contributed by atoms with van der Waals surface area (Å²) in [4.78, 5) is 9.80. The van der Waals surface area contributed by atoms with Crippen LogP contribution < -0.4 is 5.32 Å². The van der Waals surface area contributed by atoms with Gasteiger partial charge in [-0.25, -0.2) is 4.98 Å². The number of likely N-dealkylation sites (N-methyl/N-ethyl adjacent to an activating group) is 1. The van der Waals surface area contributed by atoms with Gasteiger partial charge in [0.05, 0.1) is 0 Å². The molecule has 2 N–H and O–H groups in total. The van der Waals surface area contributed by atoms with Crippen molar-refractivity contribution in [1.29, 1.82) is 0 Å². The Bertz CT molecular complexity index is 409. The van der Waals surface area contributed by atoms with Gasteiger partial charge in [0, 0.05) is 25.1 Å². The van der Waals surface area contributed by atoms with E-state index in [0.29, 0.717) is 10.6 Å². The highest BCUT2D eigenvalue weighted by molar-refractivity contribution is 7.71. The molecular formula is C11H18N4S. The summed E-state index contributed by atoms with van der Waals surface area (Å²) in [5.41, 5.74) is 0. The van der Waals surface area contributed by atoms with Crippen LogP contribution in [0.25, 0.3) is 0 Å². The maximum absolute atomic E-state index is 5.15. The minimum absolute atomic E-state index is 0.609. The molecule has 1 fully saturated rings. The van der Waals surface area contributed by atoms with Crippen molar-refractivity contribution < 1.29 is 0 Å². The Morgan fingerprint density at radius 3 is 2.94 bits per heavy atom. The van der Waals surface area contributed by atoms with E-state index in [1.165, 1.54) is 12.8 Å². The number of H-pyrrole nitrogens is 1. The third-order valence-electron chi connectivity index (χ3n) is 2.60. The molecule has 5 heteroatoms. The first kappa shape index (κ1) is 11.5. The van der Waals surface area contributed by atoms with Gasteiger partial charge >= 0.3 is 0 Å². The van der Waals surface area contributed by atoms with Gasteiger partial charge in [0.2, 0.25) is 0 Å². The van der Waals surface area contributed by atoms with E-state index in [0.717, 1.165) is 24.7 Å².